The zero-order valence-corrected chi connectivity index (χ0v) is 13.4. The summed E-state index contributed by atoms with van der Waals surface area (Å²) in [6, 6.07) is 0. The lowest BCUT2D eigenvalue weighted by atomic mass is 10.0. The minimum atomic E-state index is -0.502. The van der Waals surface area contributed by atoms with Crippen molar-refractivity contribution in [1.29, 1.82) is 0 Å². The van der Waals surface area contributed by atoms with Crippen molar-refractivity contribution in [1.82, 2.24) is 14.1 Å². The summed E-state index contributed by atoms with van der Waals surface area (Å²) in [7, 11) is 0. The van der Waals surface area contributed by atoms with E-state index in [1.807, 2.05) is 0 Å². The van der Waals surface area contributed by atoms with Crippen LogP contribution >= 0.6 is 11.7 Å². The fraction of sp³-hybridized carbons (Fsp3) is 0.857. The second kappa shape index (κ2) is 11.0. The molecule has 1 rings (SSSR count). The summed E-state index contributed by atoms with van der Waals surface area (Å²) in [6.07, 6.45) is 7.45. The molecule has 0 saturated carbocycles. The molecule has 1 atom stereocenters. The lowest BCUT2D eigenvalue weighted by Crippen LogP contribution is -2.32. The maximum absolute atomic E-state index is 9.72. The molecule has 0 bridgehead atoms. The predicted molar refractivity (Wildman–Crippen MR) is 82.2 cm³/mol. The van der Waals surface area contributed by atoms with Gasteiger partial charge in [0.2, 0.25) is 5.88 Å². The molecular weight excluding hydrogens is 274 g/mol. The molecule has 1 unspecified atom stereocenters. The monoisotopic (exact) mass is 301 g/mol. The van der Waals surface area contributed by atoms with Crippen LogP contribution in [-0.4, -0.2) is 39.7 Å². The molecule has 2 N–H and O–H groups in total. The molecule has 0 aliphatic heterocycles. The Balaban J connectivity index is 1.85. The third-order valence-corrected chi connectivity index (χ3v) is 3.49. The fourth-order valence-corrected chi connectivity index (χ4v) is 2.25. The van der Waals surface area contributed by atoms with Crippen molar-refractivity contribution in [2.75, 3.05) is 19.7 Å². The van der Waals surface area contributed by atoms with Gasteiger partial charge in [-0.2, -0.15) is 4.37 Å². The van der Waals surface area contributed by atoms with Crippen molar-refractivity contribution < 1.29 is 9.84 Å². The number of nitrogens with one attached hydrogen (secondary N) is 1. The highest BCUT2D eigenvalue weighted by atomic mass is 32.1. The van der Waals surface area contributed by atoms with Gasteiger partial charge in [-0.1, -0.05) is 39.5 Å². The normalized spacial score (nSPS) is 12.8. The van der Waals surface area contributed by atoms with Gasteiger partial charge in [0, 0.05) is 6.54 Å². The lowest BCUT2D eigenvalue weighted by Gasteiger charge is -2.11. The summed E-state index contributed by atoms with van der Waals surface area (Å²) in [6.45, 7) is 6.31. The maximum atomic E-state index is 9.72. The molecular formula is C14H27N3O2S. The number of rotatable bonds is 12. The van der Waals surface area contributed by atoms with E-state index in [-0.39, 0.29) is 6.61 Å². The average Bonchev–Trinajstić information content (AvgIpc) is 2.92. The Labute approximate surface area is 126 Å². The first-order valence-corrected chi connectivity index (χ1v) is 8.20. The van der Waals surface area contributed by atoms with Crippen LogP contribution in [-0.2, 0) is 0 Å². The van der Waals surface area contributed by atoms with Crippen molar-refractivity contribution in [3.63, 3.8) is 0 Å². The standard InChI is InChI=1S/C14H27N3O2S/c1-12(2)7-5-3-4-6-8-15-9-13(18)11-19-14-10-16-20-17-14/h10,12-13,15,18H,3-9,11H2,1-2H3. The van der Waals surface area contributed by atoms with Crippen LogP contribution < -0.4 is 10.1 Å². The molecule has 116 valence electrons. The molecule has 5 nitrogen and oxygen atoms in total. The second-order valence-corrected chi connectivity index (χ2v) is 6.07. The first kappa shape index (κ1) is 17.3. The van der Waals surface area contributed by atoms with Crippen LogP contribution in [0.5, 0.6) is 5.88 Å². The van der Waals surface area contributed by atoms with Crippen LogP contribution in [0.1, 0.15) is 46.0 Å². The Bertz CT molecular complexity index is 320. The van der Waals surface area contributed by atoms with Crippen molar-refractivity contribution in [3.05, 3.63) is 6.20 Å². The summed E-state index contributed by atoms with van der Waals surface area (Å²) >= 11 is 1.10. The Kier molecular flexibility index (Phi) is 9.53. The minimum absolute atomic E-state index is 0.257. The van der Waals surface area contributed by atoms with Gasteiger partial charge in [0.1, 0.15) is 18.9 Å². The molecule has 0 spiro atoms. The molecule has 20 heavy (non-hydrogen) atoms. The third-order valence-electron chi connectivity index (χ3n) is 3.03. The number of ether oxygens (including phenoxy) is 1. The van der Waals surface area contributed by atoms with Crippen LogP contribution in [0, 0.1) is 5.92 Å². The smallest absolute Gasteiger partial charge is 0.245 e. The Morgan fingerprint density at radius 1 is 1.30 bits per heavy atom. The van der Waals surface area contributed by atoms with Gasteiger partial charge in [0.15, 0.2) is 0 Å². The van der Waals surface area contributed by atoms with Gasteiger partial charge in [-0.15, -0.1) is 4.37 Å². The average molecular weight is 301 g/mol. The fourth-order valence-electron chi connectivity index (χ4n) is 1.88. The number of aliphatic hydroxyl groups is 1. The first-order chi connectivity index (χ1) is 9.68. The van der Waals surface area contributed by atoms with Gasteiger partial charge in [0.25, 0.3) is 0 Å². The summed E-state index contributed by atoms with van der Waals surface area (Å²) in [4.78, 5) is 0. The van der Waals surface area contributed by atoms with Gasteiger partial charge in [0.05, 0.1) is 11.7 Å². The summed E-state index contributed by atoms with van der Waals surface area (Å²) in [5.74, 6) is 1.30. The van der Waals surface area contributed by atoms with Crippen molar-refractivity contribution in [2.45, 2.75) is 52.1 Å². The number of aromatic nitrogens is 2. The van der Waals surface area contributed by atoms with Crippen LogP contribution in [0.3, 0.4) is 0 Å². The van der Waals surface area contributed by atoms with Gasteiger partial charge in [-0.3, -0.25) is 0 Å². The van der Waals surface area contributed by atoms with E-state index in [1.165, 1.54) is 32.1 Å². The Morgan fingerprint density at radius 2 is 2.10 bits per heavy atom. The molecule has 6 heteroatoms. The topological polar surface area (TPSA) is 67.3 Å². The quantitative estimate of drug-likeness (QED) is 0.581. The summed E-state index contributed by atoms with van der Waals surface area (Å²) in [5, 5.41) is 13.0. The van der Waals surface area contributed by atoms with E-state index in [4.69, 9.17) is 4.74 Å². The number of hydrogen-bond acceptors (Lipinski definition) is 6. The van der Waals surface area contributed by atoms with Crippen LogP contribution in [0.2, 0.25) is 0 Å². The Morgan fingerprint density at radius 3 is 2.80 bits per heavy atom. The van der Waals surface area contributed by atoms with E-state index in [1.54, 1.807) is 6.20 Å². The molecule has 0 aliphatic carbocycles. The number of aliphatic hydroxyl groups excluding tert-OH is 1. The van der Waals surface area contributed by atoms with Crippen molar-refractivity contribution in [2.24, 2.45) is 5.92 Å². The third kappa shape index (κ3) is 9.23. The van der Waals surface area contributed by atoms with Crippen LogP contribution in [0.25, 0.3) is 0 Å². The molecule has 0 radical (unpaired) electrons. The SMILES string of the molecule is CC(C)CCCCCCNCC(O)COc1cnsn1. The predicted octanol–water partition coefficient (Wildman–Crippen LogP) is 2.47. The lowest BCUT2D eigenvalue weighted by molar-refractivity contribution is 0.104. The molecule has 1 aromatic rings. The Hall–Kier alpha value is -0.720. The molecule has 1 heterocycles. The van der Waals surface area contributed by atoms with E-state index < -0.39 is 6.10 Å². The molecule has 0 aromatic carbocycles. The molecule has 1 aromatic heterocycles. The van der Waals surface area contributed by atoms with Crippen LogP contribution in [0.4, 0.5) is 0 Å². The number of hydrogen-bond donors (Lipinski definition) is 2. The van der Waals surface area contributed by atoms with Crippen LogP contribution in [0.15, 0.2) is 6.20 Å². The number of nitrogens with zero attached hydrogens (tertiary/aromatic N) is 2. The van der Waals surface area contributed by atoms with E-state index in [0.717, 1.165) is 24.2 Å². The molecule has 0 saturated heterocycles. The highest BCUT2D eigenvalue weighted by Crippen LogP contribution is 2.09. The van der Waals surface area contributed by atoms with E-state index >= 15 is 0 Å². The molecule has 0 aliphatic rings. The second-order valence-electron chi connectivity index (χ2n) is 5.51. The maximum Gasteiger partial charge on any atom is 0.245 e. The highest BCUT2D eigenvalue weighted by molar-refractivity contribution is 6.99. The minimum Gasteiger partial charge on any atom is -0.473 e. The number of unbranched alkanes of at least 4 members (excludes halogenated alkanes) is 3. The van der Waals surface area contributed by atoms with Crippen molar-refractivity contribution in [3.8, 4) is 5.88 Å². The van der Waals surface area contributed by atoms with E-state index in [9.17, 15) is 5.11 Å². The molecule has 0 amide bonds. The van der Waals surface area contributed by atoms with Gasteiger partial charge >= 0.3 is 0 Å². The van der Waals surface area contributed by atoms with E-state index in [2.05, 4.69) is 27.9 Å². The van der Waals surface area contributed by atoms with Gasteiger partial charge in [-0.25, -0.2) is 0 Å². The zero-order valence-electron chi connectivity index (χ0n) is 12.5. The zero-order chi connectivity index (χ0) is 14.6. The van der Waals surface area contributed by atoms with Gasteiger partial charge in [-0.05, 0) is 18.9 Å². The first-order valence-electron chi connectivity index (χ1n) is 7.47. The largest absolute Gasteiger partial charge is 0.473 e. The molecule has 0 fully saturated rings. The highest BCUT2D eigenvalue weighted by Gasteiger charge is 2.05. The van der Waals surface area contributed by atoms with E-state index in [0.29, 0.717) is 12.4 Å². The summed E-state index contributed by atoms with van der Waals surface area (Å²) < 4.78 is 13.0. The summed E-state index contributed by atoms with van der Waals surface area (Å²) in [5.41, 5.74) is 0. The van der Waals surface area contributed by atoms with Crippen molar-refractivity contribution >= 4 is 11.7 Å². The van der Waals surface area contributed by atoms with Gasteiger partial charge < -0.3 is 15.2 Å².